The van der Waals surface area contributed by atoms with Gasteiger partial charge in [0, 0.05) is 18.0 Å². The van der Waals surface area contributed by atoms with E-state index in [0.29, 0.717) is 17.0 Å². The van der Waals surface area contributed by atoms with Gasteiger partial charge < -0.3 is 4.74 Å². The van der Waals surface area contributed by atoms with Gasteiger partial charge in [0.05, 0.1) is 24.2 Å². The second kappa shape index (κ2) is 8.22. The second-order valence-corrected chi connectivity index (χ2v) is 8.01. The molecule has 0 unspecified atom stereocenters. The fraction of sp³-hybridized carbons (Fsp3) is 0.143. The number of carbonyl (C=O) groups is 1. The molecule has 0 aliphatic heterocycles. The minimum Gasteiger partial charge on any atom is -0.497 e. The quantitative estimate of drug-likeness (QED) is 0.569. The van der Waals surface area contributed by atoms with E-state index >= 15 is 0 Å². The molecule has 0 atom stereocenters. The van der Waals surface area contributed by atoms with Crippen LogP contribution in [0.2, 0.25) is 0 Å². The predicted octanol–water partition coefficient (Wildman–Crippen LogP) is 3.69. The number of nitrogens with zero attached hydrogens (tertiary/aromatic N) is 2. The summed E-state index contributed by atoms with van der Waals surface area (Å²) < 4.78 is 33.2. The number of aromatic nitrogens is 1. The van der Waals surface area contributed by atoms with Crippen molar-refractivity contribution in [2.24, 2.45) is 0 Å². The lowest BCUT2D eigenvalue weighted by Crippen LogP contribution is -2.30. The smallest absolute Gasteiger partial charge is 0.264 e. The van der Waals surface area contributed by atoms with Crippen molar-refractivity contribution in [1.82, 2.24) is 4.98 Å². The number of benzene rings is 2. The zero-order valence-corrected chi connectivity index (χ0v) is 16.4. The zero-order valence-electron chi connectivity index (χ0n) is 15.6. The fourth-order valence-electron chi connectivity index (χ4n) is 2.71. The Balaban J connectivity index is 2.04. The Bertz CT molecular complexity index is 1050. The molecule has 0 radical (unpaired) electrons. The Morgan fingerprint density at radius 3 is 2.25 bits per heavy atom. The third kappa shape index (κ3) is 4.20. The summed E-state index contributed by atoms with van der Waals surface area (Å²) >= 11 is 0. The molecule has 3 rings (SSSR count). The molecular weight excluding hydrogens is 376 g/mol. The number of sulfonamides is 1. The van der Waals surface area contributed by atoms with E-state index in [1.165, 1.54) is 35.5 Å². The Morgan fingerprint density at radius 1 is 1.04 bits per heavy atom. The Hall–Kier alpha value is -3.19. The highest BCUT2D eigenvalue weighted by molar-refractivity contribution is 7.92. The van der Waals surface area contributed by atoms with Crippen LogP contribution >= 0.6 is 0 Å². The zero-order chi connectivity index (χ0) is 20.1. The summed E-state index contributed by atoms with van der Waals surface area (Å²) in [5.74, 6) is 0.514. The van der Waals surface area contributed by atoms with Gasteiger partial charge in [0.2, 0.25) is 0 Å². The summed E-state index contributed by atoms with van der Waals surface area (Å²) in [5.41, 5.74) is 1.71. The van der Waals surface area contributed by atoms with Crippen molar-refractivity contribution in [1.29, 1.82) is 0 Å². The van der Waals surface area contributed by atoms with Crippen molar-refractivity contribution in [3.8, 4) is 5.75 Å². The van der Waals surface area contributed by atoms with Crippen LogP contribution in [-0.4, -0.2) is 26.3 Å². The van der Waals surface area contributed by atoms with Crippen molar-refractivity contribution in [2.75, 3.05) is 11.4 Å². The number of ketones is 1. The second-order valence-electron chi connectivity index (χ2n) is 6.15. The first-order valence-corrected chi connectivity index (χ1v) is 10.0. The van der Waals surface area contributed by atoms with E-state index in [9.17, 15) is 13.2 Å². The van der Waals surface area contributed by atoms with E-state index < -0.39 is 10.0 Å². The van der Waals surface area contributed by atoms with Gasteiger partial charge in [0.1, 0.15) is 5.75 Å². The summed E-state index contributed by atoms with van der Waals surface area (Å²) in [6, 6.07) is 16.3. The summed E-state index contributed by atoms with van der Waals surface area (Å²) in [7, 11) is -2.31. The molecule has 144 valence electrons. The molecule has 28 heavy (non-hydrogen) atoms. The Morgan fingerprint density at radius 2 is 1.71 bits per heavy atom. The van der Waals surface area contributed by atoms with Crippen LogP contribution in [0.5, 0.6) is 5.75 Å². The van der Waals surface area contributed by atoms with Crippen LogP contribution in [0.3, 0.4) is 0 Å². The van der Waals surface area contributed by atoms with E-state index in [-0.39, 0.29) is 17.2 Å². The largest absolute Gasteiger partial charge is 0.497 e. The average Bonchev–Trinajstić information content (AvgIpc) is 2.73. The predicted molar refractivity (Wildman–Crippen MR) is 107 cm³/mol. The molecule has 1 heterocycles. The maximum Gasteiger partial charge on any atom is 0.264 e. The SMILES string of the molecule is COc1ccc(N(Cc2cccnc2)S(=O)(=O)c2ccc(C(C)=O)cc2)cc1. The van der Waals surface area contributed by atoms with Crippen molar-refractivity contribution in [2.45, 2.75) is 18.4 Å². The van der Waals surface area contributed by atoms with Crippen molar-refractivity contribution < 1.29 is 17.9 Å². The van der Waals surface area contributed by atoms with Crippen LogP contribution < -0.4 is 9.04 Å². The number of ether oxygens (including phenoxy) is 1. The first kappa shape index (κ1) is 19.6. The van der Waals surface area contributed by atoms with E-state index in [0.717, 1.165) is 5.56 Å². The highest BCUT2D eigenvalue weighted by Crippen LogP contribution is 2.28. The molecule has 0 fully saturated rings. The van der Waals surface area contributed by atoms with Crippen LogP contribution in [0.1, 0.15) is 22.8 Å². The number of hydrogen-bond donors (Lipinski definition) is 0. The first-order chi connectivity index (χ1) is 13.4. The molecule has 3 aromatic rings. The van der Waals surface area contributed by atoms with Gasteiger partial charge in [0.25, 0.3) is 10.0 Å². The molecule has 0 saturated heterocycles. The van der Waals surface area contributed by atoms with Gasteiger partial charge >= 0.3 is 0 Å². The summed E-state index contributed by atoms with van der Waals surface area (Å²) in [4.78, 5) is 15.7. The molecule has 2 aromatic carbocycles. The van der Waals surface area contributed by atoms with Gasteiger partial charge in [-0.3, -0.25) is 14.1 Å². The minimum atomic E-state index is -3.86. The molecule has 0 aliphatic carbocycles. The fourth-order valence-corrected chi connectivity index (χ4v) is 4.16. The molecule has 0 spiro atoms. The third-order valence-corrected chi connectivity index (χ3v) is 6.05. The highest BCUT2D eigenvalue weighted by Gasteiger charge is 2.25. The highest BCUT2D eigenvalue weighted by atomic mass is 32.2. The van der Waals surface area contributed by atoms with Crippen LogP contribution in [-0.2, 0) is 16.6 Å². The molecule has 0 saturated carbocycles. The summed E-state index contributed by atoms with van der Waals surface area (Å²) in [5, 5.41) is 0. The van der Waals surface area contributed by atoms with Crippen LogP contribution in [0.15, 0.2) is 78.0 Å². The van der Waals surface area contributed by atoms with Crippen molar-refractivity contribution in [3.63, 3.8) is 0 Å². The molecule has 7 heteroatoms. The lowest BCUT2D eigenvalue weighted by Gasteiger charge is -2.25. The van der Waals surface area contributed by atoms with Crippen molar-refractivity contribution in [3.05, 3.63) is 84.2 Å². The lowest BCUT2D eigenvalue weighted by molar-refractivity contribution is 0.101. The minimum absolute atomic E-state index is 0.109. The Kier molecular flexibility index (Phi) is 5.75. The van der Waals surface area contributed by atoms with Gasteiger partial charge in [0.15, 0.2) is 5.78 Å². The van der Waals surface area contributed by atoms with E-state index in [4.69, 9.17) is 4.74 Å². The normalized spacial score (nSPS) is 11.1. The first-order valence-electron chi connectivity index (χ1n) is 8.58. The standard InChI is InChI=1S/C21H20N2O4S/c1-16(24)18-5-11-21(12-6-18)28(25,26)23(15-17-4-3-13-22-14-17)19-7-9-20(27-2)10-8-19/h3-14H,15H2,1-2H3. The monoisotopic (exact) mass is 396 g/mol. The number of carbonyl (C=O) groups excluding carboxylic acids is 1. The molecule has 0 N–H and O–H groups in total. The number of Topliss-reactive ketones (excluding diaryl/α,β-unsaturated/α-hetero) is 1. The van der Waals surface area contributed by atoms with Gasteiger partial charge in [-0.15, -0.1) is 0 Å². The van der Waals surface area contributed by atoms with E-state index in [1.807, 2.05) is 6.07 Å². The van der Waals surface area contributed by atoms with Crippen LogP contribution in [0.4, 0.5) is 5.69 Å². The number of rotatable bonds is 7. The average molecular weight is 396 g/mol. The number of methoxy groups -OCH3 is 1. The molecule has 1 aromatic heterocycles. The third-order valence-electron chi connectivity index (χ3n) is 4.26. The van der Waals surface area contributed by atoms with E-state index in [1.54, 1.807) is 49.8 Å². The molecule has 0 aliphatic rings. The number of anilines is 1. The van der Waals surface area contributed by atoms with Gasteiger partial charge in [-0.25, -0.2) is 8.42 Å². The molecule has 0 bridgehead atoms. The number of hydrogen-bond acceptors (Lipinski definition) is 5. The maximum absolute atomic E-state index is 13.4. The van der Waals surface area contributed by atoms with Crippen LogP contribution in [0.25, 0.3) is 0 Å². The number of pyridine rings is 1. The van der Waals surface area contributed by atoms with Gasteiger partial charge in [-0.05, 0) is 55.0 Å². The molecular formula is C21H20N2O4S. The molecule has 6 nitrogen and oxygen atoms in total. The van der Waals surface area contributed by atoms with Crippen LogP contribution in [0, 0.1) is 0 Å². The lowest BCUT2D eigenvalue weighted by atomic mass is 10.2. The van der Waals surface area contributed by atoms with Gasteiger partial charge in [-0.1, -0.05) is 18.2 Å². The summed E-state index contributed by atoms with van der Waals surface area (Å²) in [6.07, 6.45) is 3.26. The topological polar surface area (TPSA) is 76.6 Å². The van der Waals surface area contributed by atoms with Crippen molar-refractivity contribution >= 4 is 21.5 Å². The Labute approximate surface area is 164 Å². The van der Waals surface area contributed by atoms with Gasteiger partial charge in [-0.2, -0.15) is 0 Å². The molecule has 0 amide bonds. The maximum atomic E-state index is 13.4. The summed E-state index contributed by atoms with van der Waals surface area (Å²) in [6.45, 7) is 1.56. The van der Waals surface area contributed by atoms with E-state index in [2.05, 4.69) is 4.98 Å².